The molecule has 0 unspecified atom stereocenters. The van der Waals surface area contributed by atoms with E-state index in [1.807, 2.05) is 0 Å². The first-order valence-corrected chi connectivity index (χ1v) is 10.3. The van der Waals surface area contributed by atoms with Crippen LogP contribution in [0.1, 0.15) is 32.1 Å². The van der Waals surface area contributed by atoms with Gasteiger partial charge < -0.3 is 4.90 Å². The number of nitrogens with zero attached hydrogens (tertiary/aromatic N) is 3. The molecule has 0 aliphatic heterocycles. The van der Waals surface area contributed by atoms with Gasteiger partial charge in [0.15, 0.2) is 0 Å². The average Bonchev–Trinajstić information content (AvgIpc) is 3.31. The lowest BCUT2D eigenvalue weighted by atomic mass is 9.94. The molecular weight excluding hydrogens is 330 g/mol. The Morgan fingerprint density at radius 3 is 2.50 bits per heavy atom. The lowest BCUT2D eigenvalue weighted by Crippen LogP contribution is -2.32. The molecule has 1 saturated carbocycles. The molecule has 3 heterocycles. The van der Waals surface area contributed by atoms with Crippen molar-refractivity contribution in [3.05, 3.63) is 33.7 Å². The normalized spacial score (nSPS) is 16.0. The Labute approximate surface area is 142 Å². The first-order valence-electron chi connectivity index (χ1n) is 7.59. The van der Waals surface area contributed by atoms with Crippen molar-refractivity contribution in [1.82, 2.24) is 10.2 Å². The second-order valence-corrected chi connectivity index (χ2v) is 8.06. The van der Waals surface area contributed by atoms with Gasteiger partial charge in [0.05, 0.1) is 5.69 Å². The van der Waals surface area contributed by atoms with Crippen LogP contribution in [0, 0.1) is 0 Å². The maximum Gasteiger partial charge on any atom is 0.213 e. The van der Waals surface area contributed by atoms with Crippen LogP contribution in [-0.2, 0) is 0 Å². The van der Waals surface area contributed by atoms with Crippen molar-refractivity contribution < 1.29 is 0 Å². The Kier molecular flexibility index (Phi) is 4.23. The summed E-state index contributed by atoms with van der Waals surface area (Å²) < 4.78 is 0. The van der Waals surface area contributed by atoms with Gasteiger partial charge in [0.2, 0.25) is 5.13 Å². The summed E-state index contributed by atoms with van der Waals surface area (Å²) in [5, 5.41) is 19.6. The highest BCUT2D eigenvalue weighted by Crippen LogP contribution is 2.38. The summed E-state index contributed by atoms with van der Waals surface area (Å²) in [7, 11) is 0. The van der Waals surface area contributed by atoms with E-state index in [-0.39, 0.29) is 0 Å². The quantitative estimate of drug-likeness (QED) is 0.597. The van der Waals surface area contributed by atoms with Crippen LogP contribution in [0.2, 0.25) is 0 Å². The van der Waals surface area contributed by atoms with Crippen molar-refractivity contribution in [2.75, 3.05) is 4.90 Å². The topological polar surface area (TPSA) is 29.0 Å². The minimum Gasteiger partial charge on any atom is -0.312 e. The molecule has 0 atom stereocenters. The molecule has 4 rings (SSSR count). The van der Waals surface area contributed by atoms with E-state index in [0.717, 1.165) is 10.1 Å². The molecule has 1 aliphatic rings. The molecule has 0 saturated heterocycles. The van der Waals surface area contributed by atoms with Gasteiger partial charge in [-0.25, -0.2) is 0 Å². The van der Waals surface area contributed by atoms with Gasteiger partial charge in [-0.3, -0.25) is 0 Å². The molecule has 6 heteroatoms. The van der Waals surface area contributed by atoms with Crippen LogP contribution in [0.4, 0.5) is 10.8 Å². The molecule has 1 fully saturated rings. The van der Waals surface area contributed by atoms with Crippen LogP contribution < -0.4 is 4.90 Å². The Morgan fingerprint density at radius 1 is 0.955 bits per heavy atom. The van der Waals surface area contributed by atoms with Crippen LogP contribution in [0.15, 0.2) is 33.7 Å². The lowest BCUT2D eigenvalue weighted by molar-refractivity contribution is 0.435. The molecule has 3 aromatic heterocycles. The van der Waals surface area contributed by atoms with Crippen LogP contribution in [0.5, 0.6) is 0 Å². The summed E-state index contributed by atoms with van der Waals surface area (Å²) in [6.45, 7) is 0. The second kappa shape index (κ2) is 6.48. The maximum atomic E-state index is 4.51. The first-order chi connectivity index (χ1) is 10.9. The number of rotatable bonds is 4. The zero-order chi connectivity index (χ0) is 14.8. The number of anilines is 2. The smallest absolute Gasteiger partial charge is 0.213 e. The number of hydrogen-bond donors (Lipinski definition) is 0. The van der Waals surface area contributed by atoms with E-state index < -0.39 is 0 Å². The summed E-state index contributed by atoms with van der Waals surface area (Å²) in [5.41, 5.74) is 2.45. The largest absolute Gasteiger partial charge is 0.312 e. The van der Waals surface area contributed by atoms with Gasteiger partial charge in [0.25, 0.3) is 0 Å². The van der Waals surface area contributed by atoms with Crippen molar-refractivity contribution in [3.63, 3.8) is 0 Å². The highest BCUT2D eigenvalue weighted by molar-refractivity contribution is 7.19. The molecule has 0 aromatic carbocycles. The molecule has 3 aromatic rings. The van der Waals surface area contributed by atoms with Crippen molar-refractivity contribution >= 4 is 44.8 Å². The van der Waals surface area contributed by atoms with Crippen LogP contribution in [0.25, 0.3) is 10.6 Å². The van der Waals surface area contributed by atoms with Crippen molar-refractivity contribution in [3.8, 4) is 10.6 Å². The van der Waals surface area contributed by atoms with E-state index in [0.29, 0.717) is 6.04 Å². The third-order valence-corrected chi connectivity index (χ3v) is 6.44. The fourth-order valence-electron chi connectivity index (χ4n) is 3.03. The predicted octanol–water partition coefficient (Wildman–Crippen LogP) is 5.80. The average molecular weight is 348 g/mol. The summed E-state index contributed by atoms with van der Waals surface area (Å²) in [6.07, 6.45) is 6.51. The summed E-state index contributed by atoms with van der Waals surface area (Å²) in [4.78, 5) is 2.42. The SMILES string of the molecule is c1cc(-c2nnc(N(c3ccsc3)C3CCCCC3)s2)cs1. The van der Waals surface area contributed by atoms with Crippen LogP contribution in [0.3, 0.4) is 0 Å². The number of aromatic nitrogens is 2. The zero-order valence-corrected chi connectivity index (χ0v) is 14.6. The first kappa shape index (κ1) is 14.4. The molecule has 0 spiro atoms. The third-order valence-electron chi connectivity index (χ3n) is 4.11. The van der Waals surface area contributed by atoms with Crippen molar-refractivity contribution in [2.24, 2.45) is 0 Å². The summed E-state index contributed by atoms with van der Waals surface area (Å²) in [6, 6.07) is 4.88. The molecule has 0 radical (unpaired) electrons. The van der Waals surface area contributed by atoms with Gasteiger partial charge in [0, 0.05) is 22.4 Å². The van der Waals surface area contributed by atoms with Crippen molar-refractivity contribution in [1.29, 1.82) is 0 Å². The standard InChI is InChI=1S/C16H17N3S3/c1-2-4-13(5-3-1)19(14-7-9-21-11-14)16-18-17-15(22-16)12-6-8-20-10-12/h6-11,13H,1-5H2. The molecule has 0 bridgehead atoms. The lowest BCUT2D eigenvalue weighted by Gasteiger charge is -2.33. The highest BCUT2D eigenvalue weighted by Gasteiger charge is 2.26. The summed E-state index contributed by atoms with van der Waals surface area (Å²) in [5.74, 6) is 0. The maximum absolute atomic E-state index is 4.51. The molecule has 3 nitrogen and oxygen atoms in total. The fraction of sp³-hybridized carbons (Fsp3) is 0.375. The molecule has 22 heavy (non-hydrogen) atoms. The van der Waals surface area contributed by atoms with Gasteiger partial charge in [0.1, 0.15) is 5.01 Å². The Bertz CT molecular complexity index is 697. The molecule has 0 N–H and O–H groups in total. The van der Waals surface area contributed by atoms with E-state index >= 15 is 0 Å². The van der Waals surface area contributed by atoms with Crippen LogP contribution in [-0.4, -0.2) is 16.2 Å². The minimum absolute atomic E-state index is 0.562. The van der Waals surface area contributed by atoms with Gasteiger partial charge in [-0.15, -0.1) is 10.2 Å². The number of hydrogen-bond acceptors (Lipinski definition) is 6. The van der Waals surface area contributed by atoms with Crippen LogP contribution >= 0.6 is 34.0 Å². The van der Waals surface area contributed by atoms with E-state index in [2.05, 4.69) is 48.8 Å². The zero-order valence-electron chi connectivity index (χ0n) is 12.1. The van der Waals surface area contributed by atoms with Gasteiger partial charge >= 0.3 is 0 Å². The second-order valence-electron chi connectivity index (χ2n) is 5.55. The molecule has 114 valence electrons. The van der Waals surface area contributed by atoms with Gasteiger partial charge in [-0.2, -0.15) is 22.7 Å². The fourth-order valence-corrected chi connectivity index (χ4v) is 5.30. The predicted molar refractivity (Wildman–Crippen MR) is 96.6 cm³/mol. The van der Waals surface area contributed by atoms with E-state index in [1.165, 1.54) is 43.4 Å². The minimum atomic E-state index is 0.562. The van der Waals surface area contributed by atoms with E-state index in [4.69, 9.17) is 0 Å². The van der Waals surface area contributed by atoms with E-state index in [1.54, 1.807) is 34.0 Å². The third kappa shape index (κ3) is 2.83. The number of thiophene rings is 2. The summed E-state index contributed by atoms with van der Waals surface area (Å²) >= 11 is 5.16. The van der Waals surface area contributed by atoms with Gasteiger partial charge in [-0.05, 0) is 35.7 Å². The Hall–Kier alpha value is -1.24. The van der Waals surface area contributed by atoms with Gasteiger partial charge in [-0.1, -0.05) is 30.6 Å². The monoisotopic (exact) mass is 347 g/mol. The van der Waals surface area contributed by atoms with Crippen molar-refractivity contribution in [2.45, 2.75) is 38.1 Å². The Morgan fingerprint density at radius 2 is 1.77 bits per heavy atom. The molecule has 1 aliphatic carbocycles. The van der Waals surface area contributed by atoms with E-state index in [9.17, 15) is 0 Å². The Balaban J connectivity index is 1.68. The molecule has 0 amide bonds. The molecular formula is C16H17N3S3. The highest BCUT2D eigenvalue weighted by atomic mass is 32.1.